The van der Waals surface area contributed by atoms with Crippen LogP contribution < -0.4 is 0 Å². The van der Waals surface area contributed by atoms with Crippen LogP contribution in [0.25, 0.3) is 6.08 Å². The number of alkyl halides is 2. The molecule has 0 spiro atoms. The van der Waals surface area contributed by atoms with E-state index in [-0.39, 0.29) is 0 Å². The summed E-state index contributed by atoms with van der Waals surface area (Å²) in [5.41, 5.74) is 2.42. The van der Waals surface area contributed by atoms with Crippen LogP contribution in [-0.4, -0.2) is 4.33 Å². The molecule has 1 saturated carbocycles. The van der Waals surface area contributed by atoms with E-state index in [4.69, 9.17) is 23.2 Å². The van der Waals surface area contributed by atoms with E-state index in [0.717, 1.165) is 6.42 Å². The summed E-state index contributed by atoms with van der Waals surface area (Å²) >= 11 is 11.8. The molecule has 1 unspecified atom stereocenters. The molecule has 2 aromatic carbocycles. The van der Waals surface area contributed by atoms with Gasteiger partial charge in [-0.25, -0.2) is 0 Å². The molecule has 0 bridgehead atoms. The van der Waals surface area contributed by atoms with Gasteiger partial charge < -0.3 is 0 Å². The molecule has 1 aliphatic rings. The third-order valence-electron chi connectivity index (χ3n) is 3.06. The molecule has 2 aromatic rings. The SMILES string of the molecule is C=Cc1ccccc1.ClC1(Cl)CC1c1ccccc1. The number of halogens is 2. The summed E-state index contributed by atoms with van der Waals surface area (Å²) in [7, 11) is 0. The van der Waals surface area contributed by atoms with Gasteiger partial charge in [-0.1, -0.05) is 73.3 Å². The number of benzene rings is 2. The van der Waals surface area contributed by atoms with E-state index in [0.29, 0.717) is 5.92 Å². The molecule has 0 amide bonds. The Morgan fingerprint density at radius 2 is 1.42 bits per heavy atom. The van der Waals surface area contributed by atoms with Crippen molar-refractivity contribution in [2.75, 3.05) is 0 Å². The Morgan fingerprint density at radius 1 is 0.947 bits per heavy atom. The predicted octanol–water partition coefficient (Wildman–Crippen LogP) is 5.68. The quantitative estimate of drug-likeness (QED) is 0.625. The molecule has 1 aliphatic carbocycles. The highest BCUT2D eigenvalue weighted by Crippen LogP contribution is 2.59. The molecule has 2 heteroatoms. The molecule has 0 nitrogen and oxygen atoms in total. The third kappa shape index (κ3) is 4.12. The van der Waals surface area contributed by atoms with E-state index in [1.807, 2.05) is 54.6 Å². The molecule has 0 N–H and O–H groups in total. The van der Waals surface area contributed by atoms with Crippen molar-refractivity contribution in [1.82, 2.24) is 0 Å². The summed E-state index contributed by atoms with van der Waals surface area (Å²) in [6.45, 7) is 3.63. The van der Waals surface area contributed by atoms with Crippen molar-refractivity contribution < 1.29 is 0 Å². The summed E-state index contributed by atoms with van der Waals surface area (Å²) in [6, 6.07) is 20.2. The van der Waals surface area contributed by atoms with Gasteiger partial charge in [-0.05, 0) is 17.5 Å². The lowest BCUT2D eigenvalue weighted by Gasteiger charge is -1.98. The first kappa shape index (κ1) is 14.2. The number of hydrogen-bond donors (Lipinski definition) is 0. The molecular formula is C17H16Cl2. The van der Waals surface area contributed by atoms with E-state index in [1.54, 1.807) is 0 Å². The van der Waals surface area contributed by atoms with Gasteiger partial charge in [-0.2, -0.15) is 0 Å². The minimum absolute atomic E-state index is 0.354. The molecule has 0 aromatic heterocycles. The van der Waals surface area contributed by atoms with Gasteiger partial charge >= 0.3 is 0 Å². The Labute approximate surface area is 124 Å². The van der Waals surface area contributed by atoms with Crippen LogP contribution in [0, 0.1) is 0 Å². The largest absolute Gasteiger partial charge is 0.125 e. The maximum Gasteiger partial charge on any atom is 0.125 e. The molecule has 1 atom stereocenters. The van der Waals surface area contributed by atoms with Gasteiger partial charge in [-0.15, -0.1) is 23.2 Å². The Bertz CT molecular complexity index is 517. The van der Waals surface area contributed by atoms with Gasteiger partial charge in [0.25, 0.3) is 0 Å². The molecule has 19 heavy (non-hydrogen) atoms. The second-order valence-corrected chi connectivity index (χ2v) is 6.09. The van der Waals surface area contributed by atoms with Gasteiger partial charge in [0, 0.05) is 5.92 Å². The Hall–Kier alpha value is -1.24. The highest BCUT2D eigenvalue weighted by Gasteiger charge is 2.52. The lowest BCUT2D eigenvalue weighted by atomic mass is 10.1. The van der Waals surface area contributed by atoms with Crippen LogP contribution in [-0.2, 0) is 0 Å². The standard InChI is InChI=1S/C9H8Cl2.C8H8/c10-9(11)6-8(9)7-4-2-1-3-5-7;1-2-8-6-4-3-5-7-8/h1-5,8H,6H2;2-7H,1H2. The molecule has 0 aliphatic heterocycles. The van der Waals surface area contributed by atoms with Crippen molar-refractivity contribution in [2.24, 2.45) is 0 Å². The van der Waals surface area contributed by atoms with Crippen LogP contribution in [0.5, 0.6) is 0 Å². The summed E-state index contributed by atoms with van der Waals surface area (Å²) in [5, 5.41) is 0. The fourth-order valence-corrected chi connectivity index (χ4v) is 2.41. The van der Waals surface area contributed by atoms with E-state index >= 15 is 0 Å². The minimum atomic E-state index is -0.485. The van der Waals surface area contributed by atoms with Crippen molar-refractivity contribution in [3.05, 3.63) is 78.4 Å². The molecule has 98 valence electrons. The number of hydrogen-bond acceptors (Lipinski definition) is 0. The molecule has 3 rings (SSSR count). The summed E-state index contributed by atoms with van der Waals surface area (Å²) in [4.78, 5) is 0. The fourth-order valence-electron chi connectivity index (χ4n) is 1.85. The molecule has 0 heterocycles. The van der Waals surface area contributed by atoms with Gasteiger partial charge in [-0.3, -0.25) is 0 Å². The van der Waals surface area contributed by atoms with Gasteiger partial charge in [0.15, 0.2) is 0 Å². The van der Waals surface area contributed by atoms with Crippen molar-refractivity contribution in [3.8, 4) is 0 Å². The smallest absolute Gasteiger partial charge is 0.101 e. The third-order valence-corrected chi connectivity index (χ3v) is 3.90. The minimum Gasteiger partial charge on any atom is -0.101 e. The van der Waals surface area contributed by atoms with Gasteiger partial charge in [0.05, 0.1) is 0 Å². The summed E-state index contributed by atoms with van der Waals surface area (Å²) < 4.78 is -0.485. The Kier molecular flexibility index (Phi) is 4.68. The average molecular weight is 291 g/mol. The van der Waals surface area contributed by atoms with Gasteiger partial charge in [0.1, 0.15) is 4.33 Å². The maximum atomic E-state index is 5.91. The zero-order valence-electron chi connectivity index (χ0n) is 10.6. The predicted molar refractivity (Wildman–Crippen MR) is 84.8 cm³/mol. The lowest BCUT2D eigenvalue weighted by Crippen LogP contribution is -1.88. The average Bonchev–Trinajstić information content (AvgIpc) is 3.10. The Balaban J connectivity index is 0.000000148. The Morgan fingerprint density at radius 3 is 1.79 bits per heavy atom. The zero-order chi connectivity index (χ0) is 13.7. The summed E-state index contributed by atoms with van der Waals surface area (Å²) in [5.74, 6) is 0.354. The fraction of sp³-hybridized carbons (Fsp3) is 0.176. The van der Waals surface area contributed by atoms with Crippen molar-refractivity contribution >= 4 is 29.3 Å². The normalized spacial score (nSPS) is 18.9. The van der Waals surface area contributed by atoms with Crippen LogP contribution in [0.3, 0.4) is 0 Å². The first-order valence-electron chi connectivity index (χ1n) is 6.24. The first-order chi connectivity index (χ1) is 9.13. The van der Waals surface area contributed by atoms with Crippen LogP contribution in [0.4, 0.5) is 0 Å². The highest BCUT2D eigenvalue weighted by molar-refractivity contribution is 6.51. The molecule has 0 saturated heterocycles. The lowest BCUT2D eigenvalue weighted by molar-refractivity contribution is 1.11. The maximum absolute atomic E-state index is 5.91. The van der Waals surface area contributed by atoms with Crippen molar-refractivity contribution in [1.29, 1.82) is 0 Å². The second kappa shape index (κ2) is 6.27. The van der Waals surface area contributed by atoms with E-state index < -0.39 is 4.33 Å². The van der Waals surface area contributed by atoms with Crippen molar-refractivity contribution in [2.45, 2.75) is 16.7 Å². The van der Waals surface area contributed by atoms with Crippen LogP contribution in [0.1, 0.15) is 23.5 Å². The van der Waals surface area contributed by atoms with E-state index in [1.165, 1.54) is 11.1 Å². The summed E-state index contributed by atoms with van der Waals surface area (Å²) in [6.07, 6.45) is 2.72. The van der Waals surface area contributed by atoms with Crippen molar-refractivity contribution in [3.63, 3.8) is 0 Å². The molecular weight excluding hydrogens is 275 g/mol. The zero-order valence-corrected chi connectivity index (χ0v) is 12.1. The monoisotopic (exact) mass is 290 g/mol. The van der Waals surface area contributed by atoms with E-state index in [9.17, 15) is 0 Å². The number of rotatable bonds is 2. The highest BCUT2D eigenvalue weighted by atomic mass is 35.5. The molecule has 1 fully saturated rings. The topological polar surface area (TPSA) is 0 Å². The second-order valence-electron chi connectivity index (χ2n) is 4.54. The first-order valence-corrected chi connectivity index (χ1v) is 6.99. The van der Waals surface area contributed by atoms with Gasteiger partial charge in [0.2, 0.25) is 0 Å². The molecule has 0 radical (unpaired) electrons. The van der Waals surface area contributed by atoms with Crippen LogP contribution >= 0.6 is 23.2 Å². The van der Waals surface area contributed by atoms with Crippen LogP contribution in [0.2, 0.25) is 0 Å². The van der Waals surface area contributed by atoms with Crippen LogP contribution in [0.15, 0.2) is 67.2 Å². The van der Waals surface area contributed by atoms with E-state index in [2.05, 4.69) is 18.7 Å².